The van der Waals surface area contributed by atoms with E-state index in [0.29, 0.717) is 11.6 Å². The van der Waals surface area contributed by atoms with Gasteiger partial charge in [-0.05, 0) is 45.0 Å². The molecule has 19 heavy (non-hydrogen) atoms. The summed E-state index contributed by atoms with van der Waals surface area (Å²) in [6.45, 7) is 9.44. The molecule has 0 aromatic heterocycles. The van der Waals surface area contributed by atoms with Crippen LogP contribution < -0.4 is 10.6 Å². The first-order valence-corrected chi connectivity index (χ1v) is 7.03. The molecule has 0 spiro atoms. The van der Waals surface area contributed by atoms with E-state index in [-0.39, 0.29) is 11.9 Å². The van der Waals surface area contributed by atoms with Crippen molar-refractivity contribution in [1.29, 1.82) is 0 Å². The number of benzene rings is 1. The second-order valence-electron chi connectivity index (χ2n) is 5.30. The Hall–Kier alpha value is -1.06. The molecule has 0 fully saturated rings. The van der Waals surface area contributed by atoms with E-state index in [9.17, 15) is 4.79 Å². The molecule has 0 radical (unpaired) electrons. The van der Waals surface area contributed by atoms with E-state index >= 15 is 0 Å². The molecule has 1 atom stereocenters. The van der Waals surface area contributed by atoms with Crippen molar-refractivity contribution < 1.29 is 4.79 Å². The number of carbonyl (C=O) groups is 1. The summed E-state index contributed by atoms with van der Waals surface area (Å²) < 4.78 is 0. The van der Waals surface area contributed by atoms with Gasteiger partial charge in [-0.1, -0.05) is 30.7 Å². The molecule has 0 saturated carbocycles. The van der Waals surface area contributed by atoms with Gasteiger partial charge in [0.25, 0.3) is 0 Å². The van der Waals surface area contributed by atoms with Crippen molar-refractivity contribution in [3.8, 4) is 0 Å². The summed E-state index contributed by atoms with van der Waals surface area (Å²) in [5.74, 6) is 0.0134. The maximum atomic E-state index is 12.3. The van der Waals surface area contributed by atoms with Crippen molar-refractivity contribution in [3.05, 3.63) is 34.9 Å². The quantitative estimate of drug-likeness (QED) is 0.842. The standard InChI is InChI=1S/C15H23ClN2O/c1-5-17-11(2)10-18-14(19)15(3,4)12-7-6-8-13(16)9-12/h6-9,11,17H,5,10H2,1-4H3,(H,18,19)/t11-/m1/s1. The highest BCUT2D eigenvalue weighted by molar-refractivity contribution is 6.30. The number of hydrogen-bond acceptors (Lipinski definition) is 2. The minimum atomic E-state index is -0.586. The van der Waals surface area contributed by atoms with Crippen LogP contribution >= 0.6 is 11.6 Å². The van der Waals surface area contributed by atoms with Crippen LogP contribution in [-0.2, 0) is 10.2 Å². The third-order valence-electron chi connectivity index (χ3n) is 3.24. The predicted octanol–water partition coefficient (Wildman–Crippen LogP) is 2.73. The zero-order valence-electron chi connectivity index (χ0n) is 12.1. The van der Waals surface area contributed by atoms with E-state index in [2.05, 4.69) is 17.6 Å². The minimum Gasteiger partial charge on any atom is -0.354 e. The number of nitrogens with one attached hydrogen (secondary N) is 2. The lowest BCUT2D eigenvalue weighted by Gasteiger charge is -2.25. The van der Waals surface area contributed by atoms with Crippen molar-refractivity contribution in [2.75, 3.05) is 13.1 Å². The van der Waals surface area contributed by atoms with Crippen LogP contribution in [0.1, 0.15) is 33.3 Å². The Labute approximate surface area is 120 Å². The highest BCUT2D eigenvalue weighted by atomic mass is 35.5. The number of hydrogen-bond donors (Lipinski definition) is 2. The van der Waals surface area contributed by atoms with E-state index in [0.717, 1.165) is 12.1 Å². The zero-order valence-corrected chi connectivity index (χ0v) is 12.8. The molecule has 0 aliphatic heterocycles. The predicted molar refractivity (Wildman–Crippen MR) is 80.6 cm³/mol. The molecular formula is C15H23ClN2O. The van der Waals surface area contributed by atoms with E-state index in [1.165, 1.54) is 0 Å². The lowest BCUT2D eigenvalue weighted by atomic mass is 9.83. The summed E-state index contributed by atoms with van der Waals surface area (Å²) >= 11 is 5.98. The smallest absolute Gasteiger partial charge is 0.230 e. The maximum absolute atomic E-state index is 12.3. The molecule has 1 amide bonds. The molecule has 1 aromatic carbocycles. The third kappa shape index (κ3) is 4.51. The third-order valence-corrected chi connectivity index (χ3v) is 3.47. The SMILES string of the molecule is CCN[C@H](C)CNC(=O)C(C)(C)c1cccc(Cl)c1. The molecule has 0 heterocycles. The molecular weight excluding hydrogens is 260 g/mol. The molecule has 0 aliphatic rings. The fourth-order valence-corrected chi connectivity index (χ4v) is 2.09. The van der Waals surface area contributed by atoms with E-state index in [1.807, 2.05) is 45.0 Å². The van der Waals surface area contributed by atoms with Crippen LogP contribution in [0.4, 0.5) is 0 Å². The summed E-state index contributed by atoms with van der Waals surface area (Å²) in [5.41, 5.74) is 0.338. The molecule has 0 unspecified atom stereocenters. The van der Waals surface area contributed by atoms with Crippen molar-refractivity contribution in [1.82, 2.24) is 10.6 Å². The van der Waals surface area contributed by atoms with Crippen LogP contribution in [0, 0.1) is 0 Å². The van der Waals surface area contributed by atoms with E-state index < -0.39 is 5.41 Å². The van der Waals surface area contributed by atoms with Crippen LogP contribution in [0.5, 0.6) is 0 Å². The van der Waals surface area contributed by atoms with Gasteiger partial charge >= 0.3 is 0 Å². The molecule has 1 rings (SSSR count). The summed E-state index contributed by atoms with van der Waals surface area (Å²) in [6, 6.07) is 7.72. The summed E-state index contributed by atoms with van der Waals surface area (Å²) in [4.78, 5) is 12.3. The van der Waals surface area contributed by atoms with Gasteiger partial charge in [-0.25, -0.2) is 0 Å². The Kier molecular flexibility index (Phi) is 5.83. The Balaban J connectivity index is 2.69. The minimum absolute atomic E-state index is 0.0134. The van der Waals surface area contributed by atoms with Crippen LogP contribution in [-0.4, -0.2) is 25.0 Å². The van der Waals surface area contributed by atoms with Crippen molar-refractivity contribution in [2.45, 2.75) is 39.2 Å². The average Bonchev–Trinajstić information content (AvgIpc) is 2.36. The number of likely N-dealkylation sites (N-methyl/N-ethyl adjacent to an activating group) is 1. The van der Waals surface area contributed by atoms with Gasteiger partial charge in [0.2, 0.25) is 5.91 Å². The van der Waals surface area contributed by atoms with Crippen molar-refractivity contribution in [3.63, 3.8) is 0 Å². The number of halogens is 1. The first-order valence-electron chi connectivity index (χ1n) is 6.65. The Morgan fingerprint density at radius 2 is 2.11 bits per heavy atom. The molecule has 106 valence electrons. The van der Waals surface area contributed by atoms with Gasteiger partial charge in [-0.3, -0.25) is 4.79 Å². The number of rotatable bonds is 6. The second kappa shape index (κ2) is 6.92. The lowest BCUT2D eigenvalue weighted by Crippen LogP contribution is -2.45. The Morgan fingerprint density at radius 1 is 1.42 bits per heavy atom. The molecule has 0 saturated heterocycles. The van der Waals surface area contributed by atoms with Crippen molar-refractivity contribution in [2.24, 2.45) is 0 Å². The van der Waals surface area contributed by atoms with E-state index in [4.69, 9.17) is 11.6 Å². The zero-order chi connectivity index (χ0) is 14.5. The number of amides is 1. The Bertz CT molecular complexity index is 432. The lowest BCUT2D eigenvalue weighted by molar-refractivity contribution is -0.125. The van der Waals surface area contributed by atoms with Crippen molar-refractivity contribution >= 4 is 17.5 Å². The van der Waals surface area contributed by atoms with Gasteiger partial charge in [-0.2, -0.15) is 0 Å². The van der Waals surface area contributed by atoms with Gasteiger partial charge in [0.05, 0.1) is 5.41 Å². The summed E-state index contributed by atoms with van der Waals surface area (Å²) in [7, 11) is 0. The molecule has 3 nitrogen and oxygen atoms in total. The highest BCUT2D eigenvalue weighted by Gasteiger charge is 2.29. The topological polar surface area (TPSA) is 41.1 Å². The summed E-state index contributed by atoms with van der Waals surface area (Å²) in [6.07, 6.45) is 0. The van der Waals surface area contributed by atoms with Gasteiger partial charge in [-0.15, -0.1) is 0 Å². The normalized spacial score (nSPS) is 13.1. The largest absolute Gasteiger partial charge is 0.354 e. The summed E-state index contributed by atoms with van der Waals surface area (Å²) in [5, 5.41) is 6.90. The average molecular weight is 283 g/mol. The van der Waals surface area contributed by atoms with Gasteiger partial charge in [0.1, 0.15) is 0 Å². The fourth-order valence-electron chi connectivity index (χ4n) is 1.90. The van der Waals surface area contributed by atoms with Gasteiger partial charge < -0.3 is 10.6 Å². The molecule has 4 heteroatoms. The van der Waals surface area contributed by atoms with Crippen LogP contribution in [0.15, 0.2) is 24.3 Å². The fraction of sp³-hybridized carbons (Fsp3) is 0.533. The van der Waals surface area contributed by atoms with Gasteiger partial charge in [0, 0.05) is 17.6 Å². The van der Waals surface area contributed by atoms with Crippen LogP contribution in [0.3, 0.4) is 0 Å². The monoisotopic (exact) mass is 282 g/mol. The molecule has 0 aliphatic carbocycles. The maximum Gasteiger partial charge on any atom is 0.230 e. The second-order valence-corrected chi connectivity index (χ2v) is 5.74. The van der Waals surface area contributed by atoms with E-state index in [1.54, 1.807) is 0 Å². The first-order chi connectivity index (χ1) is 8.87. The molecule has 1 aromatic rings. The first kappa shape index (κ1) is 16.0. The van der Waals surface area contributed by atoms with Gasteiger partial charge in [0.15, 0.2) is 0 Å². The van der Waals surface area contributed by atoms with Crippen LogP contribution in [0.2, 0.25) is 5.02 Å². The molecule has 2 N–H and O–H groups in total. The number of carbonyl (C=O) groups excluding carboxylic acids is 1. The highest BCUT2D eigenvalue weighted by Crippen LogP contribution is 2.25. The molecule has 0 bridgehead atoms. The van der Waals surface area contributed by atoms with Crippen LogP contribution in [0.25, 0.3) is 0 Å². The Morgan fingerprint density at radius 3 is 2.68 bits per heavy atom.